The number of hydrogen-bond acceptors (Lipinski definition) is 4. The number of thiophene rings is 1. The number of carbonyl (C=O) groups is 1. The minimum Gasteiger partial charge on any atom is -0.395 e. The fourth-order valence-electron chi connectivity index (χ4n) is 1.86. The van der Waals surface area contributed by atoms with Crippen LogP contribution in [0.3, 0.4) is 0 Å². The molecule has 1 unspecified atom stereocenters. The van der Waals surface area contributed by atoms with Crippen LogP contribution in [0.1, 0.15) is 23.1 Å². The Morgan fingerprint density at radius 1 is 1.55 bits per heavy atom. The Kier molecular flexibility index (Phi) is 7.31. The van der Waals surface area contributed by atoms with Gasteiger partial charge in [-0.15, -0.1) is 11.3 Å². The van der Waals surface area contributed by atoms with Gasteiger partial charge in [0.15, 0.2) is 0 Å². The molecule has 0 aliphatic rings. The van der Waals surface area contributed by atoms with Crippen molar-refractivity contribution in [2.75, 3.05) is 27.2 Å². The minimum absolute atomic E-state index is 0.0196. The molecule has 1 atom stereocenters. The number of amides is 1. The van der Waals surface area contributed by atoms with E-state index in [1.807, 2.05) is 20.0 Å². The molecule has 0 fully saturated rings. The summed E-state index contributed by atoms with van der Waals surface area (Å²) in [5.74, 6) is 6.00. The second kappa shape index (κ2) is 8.75. The zero-order valence-corrected chi connectivity index (χ0v) is 13.1. The number of carbonyl (C=O) groups excluding carboxylic acids is 1. The van der Waals surface area contributed by atoms with E-state index in [1.54, 1.807) is 18.4 Å². The quantitative estimate of drug-likeness (QED) is 0.778. The Morgan fingerprint density at radius 2 is 2.30 bits per heavy atom. The van der Waals surface area contributed by atoms with Gasteiger partial charge in [0.25, 0.3) is 0 Å². The molecule has 4 nitrogen and oxygen atoms in total. The van der Waals surface area contributed by atoms with Crippen molar-refractivity contribution in [3.05, 3.63) is 21.9 Å². The summed E-state index contributed by atoms with van der Waals surface area (Å²) in [4.78, 5) is 15.9. The normalized spacial score (nSPS) is 11.8. The summed E-state index contributed by atoms with van der Waals surface area (Å²) < 4.78 is 0. The first kappa shape index (κ1) is 16.7. The van der Waals surface area contributed by atoms with E-state index in [1.165, 1.54) is 4.88 Å². The van der Waals surface area contributed by atoms with Gasteiger partial charge in [-0.3, -0.25) is 4.79 Å². The Bertz CT molecular complexity index is 488. The predicted octanol–water partition coefficient (Wildman–Crippen LogP) is 1.30. The van der Waals surface area contributed by atoms with E-state index in [0.29, 0.717) is 6.42 Å². The smallest absolute Gasteiger partial charge is 0.223 e. The van der Waals surface area contributed by atoms with Crippen molar-refractivity contribution in [2.24, 2.45) is 5.92 Å². The van der Waals surface area contributed by atoms with Crippen molar-refractivity contribution < 1.29 is 9.90 Å². The largest absolute Gasteiger partial charge is 0.395 e. The highest BCUT2D eigenvalue weighted by molar-refractivity contribution is 7.12. The van der Waals surface area contributed by atoms with Gasteiger partial charge in [-0.05, 0) is 19.2 Å². The Labute approximate surface area is 124 Å². The van der Waals surface area contributed by atoms with Gasteiger partial charge in [-0.2, -0.15) is 0 Å². The van der Waals surface area contributed by atoms with Crippen LogP contribution >= 0.6 is 11.3 Å². The Balaban J connectivity index is 2.48. The van der Waals surface area contributed by atoms with Crippen LogP contribution in [-0.4, -0.2) is 43.2 Å². The molecule has 1 heterocycles. The summed E-state index contributed by atoms with van der Waals surface area (Å²) in [6, 6.07) is 4.06. The lowest BCUT2D eigenvalue weighted by Crippen LogP contribution is -2.33. The maximum absolute atomic E-state index is 11.5. The van der Waals surface area contributed by atoms with E-state index in [0.717, 1.165) is 18.0 Å². The van der Waals surface area contributed by atoms with Crippen LogP contribution in [0.5, 0.6) is 0 Å². The topological polar surface area (TPSA) is 52.6 Å². The second-order valence-electron chi connectivity index (χ2n) is 4.75. The SMILES string of the molecule is CNC(=O)C(C)CN(C)Cc1ccc(C#CCCO)s1. The summed E-state index contributed by atoms with van der Waals surface area (Å²) in [6.07, 6.45) is 0.511. The number of nitrogens with one attached hydrogen (secondary N) is 1. The molecular weight excluding hydrogens is 272 g/mol. The summed E-state index contributed by atoms with van der Waals surface area (Å²) in [6.45, 7) is 3.57. The summed E-state index contributed by atoms with van der Waals surface area (Å²) >= 11 is 1.66. The zero-order chi connectivity index (χ0) is 15.0. The summed E-state index contributed by atoms with van der Waals surface area (Å²) in [5.41, 5.74) is 0. The van der Waals surface area contributed by atoms with E-state index in [9.17, 15) is 4.79 Å². The molecule has 5 heteroatoms. The Morgan fingerprint density at radius 3 is 2.95 bits per heavy atom. The summed E-state index contributed by atoms with van der Waals surface area (Å²) in [5, 5.41) is 11.3. The fourth-order valence-corrected chi connectivity index (χ4v) is 2.83. The predicted molar refractivity (Wildman–Crippen MR) is 82.5 cm³/mol. The highest BCUT2D eigenvalue weighted by Crippen LogP contribution is 2.17. The Hall–Kier alpha value is -1.35. The van der Waals surface area contributed by atoms with Crippen molar-refractivity contribution in [1.82, 2.24) is 10.2 Å². The highest BCUT2D eigenvalue weighted by Gasteiger charge is 2.14. The van der Waals surface area contributed by atoms with Crippen LogP contribution < -0.4 is 5.32 Å². The minimum atomic E-state index is -0.0196. The van der Waals surface area contributed by atoms with Gasteiger partial charge in [-0.1, -0.05) is 18.8 Å². The molecule has 0 saturated carbocycles. The molecule has 0 aliphatic carbocycles. The van der Waals surface area contributed by atoms with Crippen molar-refractivity contribution in [2.45, 2.75) is 19.9 Å². The number of rotatable bonds is 6. The second-order valence-corrected chi connectivity index (χ2v) is 5.92. The first-order valence-electron chi connectivity index (χ1n) is 6.65. The van der Waals surface area contributed by atoms with Crippen molar-refractivity contribution >= 4 is 17.2 Å². The third kappa shape index (κ3) is 5.74. The molecule has 20 heavy (non-hydrogen) atoms. The van der Waals surface area contributed by atoms with E-state index in [2.05, 4.69) is 28.1 Å². The molecule has 0 spiro atoms. The molecule has 0 aliphatic heterocycles. The van der Waals surface area contributed by atoms with Crippen molar-refractivity contribution in [1.29, 1.82) is 0 Å². The van der Waals surface area contributed by atoms with E-state index >= 15 is 0 Å². The van der Waals surface area contributed by atoms with Crippen LogP contribution in [-0.2, 0) is 11.3 Å². The number of hydrogen-bond donors (Lipinski definition) is 2. The monoisotopic (exact) mass is 294 g/mol. The lowest BCUT2D eigenvalue weighted by Gasteiger charge is -2.19. The molecule has 110 valence electrons. The van der Waals surface area contributed by atoms with Crippen LogP contribution in [0.25, 0.3) is 0 Å². The lowest BCUT2D eigenvalue weighted by molar-refractivity contribution is -0.124. The van der Waals surface area contributed by atoms with Gasteiger partial charge >= 0.3 is 0 Å². The molecule has 1 aromatic rings. The van der Waals surface area contributed by atoms with Crippen molar-refractivity contribution in [3.63, 3.8) is 0 Å². The van der Waals surface area contributed by atoms with Gasteiger partial charge < -0.3 is 15.3 Å². The third-order valence-electron chi connectivity index (χ3n) is 2.82. The van der Waals surface area contributed by atoms with Crippen molar-refractivity contribution in [3.8, 4) is 11.8 Å². The standard InChI is InChI=1S/C15H22N2O2S/c1-12(15(19)16-2)10-17(3)11-14-8-7-13(20-14)6-4-5-9-18/h7-8,12,18H,5,9-11H2,1-3H3,(H,16,19). The average molecular weight is 294 g/mol. The van der Waals surface area contributed by atoms with Gasteiger partial charge in [0.2, 0.25) is 5.91 Å². The lowest BCUT2D eigenvalue weighted by atomic mass is 10.1. The van der Waals surface area contributed by atoms with E-state index in [-0.39, 0.29) is 18.4 Å². The van der Waals surface area contributed by atoms with Gasteiger partial charge in [0.1, 0.15) is 0 Å². The molecule has 0 aromatic carbocycles. The first-order valence-corrected chi connectivity index (χ1v) is 7.47. The maximum Gasteiger partial charge on any atom is 0.223 e. The molecular formula is C15H22N2O2S. The first-order chi connectivity index (χ1) is 9.56. The van der Waals surface area contributed by atoms with Gasteiger partial charge in [0.05, 0.1) is 11.5 Å². The zero-order valence-electron chi connectivity index (χ0n) is 12.3. The molecule has 1 amide bonds. The third-order valence-corrected chi connectivity index (χ3v) is 3.80. The van der Waals surface area contributed by atoms with Crippen LogP contribution in [0.4, 0.5) is 0 Å². The van der Waals surface area contributed by atoms with Gasteiger partial charge in [-0.25, -0.2) is 0 Å². The fraction of sp³-hybridized carbons (Fsp3) is 0.533. The van der Waals surface area contributed by atoms with Crippen LogP contribution in [0, 0.1) is 17.8 Å². The van der Waals surface area contributed by atoms with Crippen LogP contribution in [0.15, 0.2) is 12.1 Å². The molecule has 0 radical (unpaired) electrons. The molecule has 0 bridgehead atoms. The van der Waals surface area contributed by atoms with E-state index in [4.69, 9.17) is 5.11 Å². The molecule has 0 saturated heterocycles. The van der Waals surface area contributed by atoms with Crippen LogP contribution in [0.2, 0.25) is 0 Å². The summed E-state index contributed by atoms with van der Waals surface area (Å²) in [7, 11) is 3.67. The average Bonchev–Trinajstić information content (AvgIpc) is 2.85. The van der Waals surface area contributed by atoms with Gasteiger partial charge in [0, 0.05) is 37.4 Å². The molecule has 2 N–H and O–H groups in total. The maximum atomic E-state index is 11.5. The number of aliphatic hydroxyl groups is 1. The number of aliphatic hydroxyl groups excluding tert-OH is 1. The van der Waals surface area contributed by atoms with E-state index < -0.39 is 0 Å². The molecule has 1 rings (SSSR count). The number of nitrogens with zero attached hydrogens (tertiary/aromatic N) is 1. The highest BCUT2D eigenvalue weighted by atomic mass is 32.1. The molecule has 1 aromatic heterocycles.